The van der Waals surface area contributed by atoms with Crippen LogP contribution < -0.4 is 4.90 Å². The van der Waals surface area contributed by atoms with Gasteiger partial charge in [0.05, 0.1) is 5.69 Å². The fraction of sp³-hybridized carbons (Fsp3) is 0.429. The lowest BCUT2D eigenvalue weighted by Crippen LogP contribution is -2.40. The zero-order valence-electron chi connectivity index (χ0n) is 15.1. The first-order valence-corrected chi connectivity index (χ1v) is 10.0. The Kier molecular flexibility index (Phi) is 4.08. The summed E-state index contributed by atoms with van der Waals surface area (Å²) in [6.45, 7) is 1.26. The van der Waals surface area contributed by atoms with Gasteiger partial charge in [0.2, 0.25) is 0 Å². The number of hydrogen-bond acceptors (Lipinski definition) is 3. The maximum absolute atomic E-state index is 15.4. The Bertz CT molecular complexity index is 959. The summed E-state index contributed by atoms with van der Waals surface area (Å²) in [5.74, 6) is 1.72. The number of benzene rings is 1. The SMILES string of the molecule is FC1(c2ccccc2)CCN(c2ccn3c(CC4CC4)nnc3c2Cl)CC1. The Balaban J connectivity index is 1.38. The topological polar surface area (TPSA) is 33.4 Å². The Morgan fingerprint density at radius 1 is 1.07 bits per heavy atom. The maximum atomic E-state index is 15.4. The Morgan fingerprint density at radius 3 is 2.52 bits per heavy atom. The van der Waals surface area contributed by atoms with Crippen molar-refractivity contribution in [1.29, 1.82) is 0 Å². The van der Waals surface area contributed by atoms with Gasteiger partial charge in [0.15, 0.2) is 5.65 Å². The van der Waals surface area contributed by atoms with Crippen LogP contribution in [0.15, 0.2) is 42.6 Å². The van der Waals surface area contributed by atoms with E-state index in [1.807, 2.05) is 47.0 Å². The molecule has 0 spiro atoms. The van der Waals surface area contributed by atoms with Gasteiger partial charge >= 0.3 is 0 Å². The lowest BCUT2D eigenvalue weighted by Gasteiger charge is -2.38. The van der Waals surface area contributed by atoms with Crippen LogP contribution in [-0.4, -0.2) is 27.7 Å². The number of alkyl halides is 1. The summed E-state index contributed by atoms with van der Waals surface area (Å²) in [6.07, 6.45) is 6.43. The number of fused-ring (bicyclic) bond motifs is 1. The summed E-state index contributed by atoms with van der Waals surface area (Å²) in [5.41, 5.74) is 1.13. The van der Waals surface area contributed by atoms with Crippen LogP contribution in [0.4, 0.5) is 10.1 Å². The molecule has 140 valence electrons. The molecule has 0 unspecified atom stereocenters. The third-order valence-corrected chi connectivity index (χ3v) is 6.29. The second kappa shape index (κ2) is 6.48. The molecule has 5 rings (SSSR count). The Hall–Kier alpha value is -2.14. The molecular weight excluding hydrogens is 363 g/mol. The molecule has 6 heteroatoms. The molecule has 2 aliphatic rings. The number of rotatable bonds is 4. The van der Waals surface area contributed by atoms with E-state index in [2.05, 4.69) is 15.1 Å². The van der Waals surface area contributed by atoms with Gasteiger partial charge in [0.25, 0.3) is 0 Å². The fourth-order valence-corrected chi connectivity index (χ4v) is 4.37. The molecule has 27 heavy (non-hydrogen) atoms. The minimum Gasteiger partial charge on any atom is -0.370 e. The second-order valence-electron chi connectivity index (χ2n) is 7.79. The number of aromatic nitrogens is 3. The smallest absolute Gasteiger partial charge is 0.181 e. The molecule has 1 aromatic carbocycles. The first-order chi connectivity index (χ1) is 13.1. The molecule has 2 fully saturated rings. The zero-order chi connectivity index (χ0) is 18.4. The molecule has 0 atom stereocenters. The van der Waals surface area contributed by atoms with Crippen LogP contribution in [0.25, 0.3) is 5.65 Å². The molecule has 1 saturated carbocycles. The largest absolute Gasteiger partial charge is 0.370 e. The summed E-state index contributed by atoms with van der Waals surface area (Å²) >= 11 is 6.67. The first-order valence-electron chi connectivity index (χ1n) is 9.65. The van der Waals surface area contributed by atoms with Gasteiger partial charge < -0.3 is 4.90 Å². The zero-order valence-corrected chi connectivity index (χ0v) is 15.9. The molecule has 1 aliphatic heterocycles. The van der Waals surface area contributed by atoms with Gasteiger partial charge in [0.1, 0.15) is 16.5 Å². The summed E-state index contributed by atoms with van der Waals surface area (Å²) < 4.78 is 17.4. The van der Waals surface area contributed by atoms with E-state index in [0.29, 0.717) is 36.6 Å². The third-order valence-electron chi connectivity index (χ3n) is 5.93. The van der Waals surface area contributed by atoms with E-state index in [4.69, 9.17) is 11.6 Å². The quantitative estimate of drug-likeness (QED) is 0.647. The highest BCUT2D eigenvalue weighted by Crippen LogP contribution is 2.40. The molecular formula is C21H22ClFN4. The number of anilines is 1. The van der Waals surface area contributed by atoms with Gasteiger partial charge in [-0.15, -0.1) is 10.2 Å². The van der Waals surface area contributed by atoms with Crippen LogP contribution in [0.5, 0.6) is 0 Å². The molecule has 0 N–H and O–H groups in total. The average Bonchev–Trinajstić information content (AvgIpc) is 3.42. The van der Waals surface area contributed by atoms with E-state index in [1.165, 1.54) is 12.8 Å². The van der Waals surface area contributed by atoms with Crippen molar-refractivity contribution in [2.24, 2.45) is 5.92 Å². The van der Waals surface area contributed by atoms with Crippen LogP contribution in [0.1, 0.15) is 37.1 Å². The molecule has 3 aromatic rings. The van der Waals surface area contributed by atoms with Crippen molar-refractivity contribution in [2.45, 2.75) is 37.8 Å². The predicted octanol–water partition coefficient (Wildman–Crippen LogP) is 4.80. The second-order valence-corrected chi connectivity index (χ2v) is 8.17. The maximum Gasteiger partial charge on any atom is 0.181 e. The highest BCUT2D eigenvalue weighted by atomic mass is 35.5. The highest BCUT2D eigenvalue weighted by molar-refractivity contribution is 6.36. The molecule has 1 aliphatic carbocycles. The normalized spacial score (nSPS) is 19.6. The summed E-state index contributed by atoms with van der Waals surface area (Å²) in [4.78, 5) is 2.17. The van der Waals surface area contributed by atoms with Crippen molar-refractivity contribution >= 4 is 22.9 Å². The number of halogens is 2. The van der Waals surface area contributed by atoms with E-state index >= 15 is 4.39 Å². The molecule has 0 radical (unpaired) electrons. The Labute approximate surface area is 163 Å². The van der Waals surface area contributed by atoms with Gasteiger partial charge in [-0.25, -0.2) is 4.39 Å². The van der Waals surface area contributed by atoms with E-state index in [0.717, 1.165) is 29.4 Å². The average molecular weight is 385 g/mol. The fourth-order valence-electron chi connectivity index (χ4n) is 4.05. The van der Waals surface area contributed by atoms with Crippen LogP contribution in [0.3, 0.4) is 0 Å². The highest BCUT2D eigenvalue weighted by Gasteiger charge is 2.36. The van der Waals surface area contributed by atoms with E-state index in [9.17, 15) is 0 Å². The van der Waals surface area contributed by atoms with Gasteiger partial charge in [-0.05, 0) is 30.4 Å². The summed E-state index contributed by atoms with van der Waals surface area (Å²) in [7, 11) is 0. The predicted molar refractivity (Wildman–Crippen MR) is 105 cm³/mol. The van der Waals surface area contributed by atoms with Crippen LogP contribution in [-0.2, 0) is 12.1 Å². The van der Waals surface area contributed by atoms with Crippen molar-refractivity contribution < 1.29 is 4.39 Å². The first kappa shape index (κ1) is 17.0. The van der Waals surface area contributed by atoms with E-state index in [-0.39, 0.29) is 0 Å². The van der Waals surface area contributed by atoms with Gasteiger partial charge in [-0.3, -0.25) is 4.40 Å². The number of hydrogen-bond donors (Lipinski definition) is 0. The summed E-state index contributed by atoms with van der Waals surface area (Å²) in [5, 5.41) is 9.26. The van der Waals surface area contributed by atoms with E-state index in [1.54, 1.807) is 0 Å². The van der Waals surface area contributed by atoms with Crippen LogP contribution in [0.2, 0.25) is 5.02 Å². The van der Waals surface area contributed by atoms with Crippen LogP contribution in [0, 0.1) is 5.92 Å². The molecule has 0 amide bonds. The lowest BCUT2D eigenvalue weighted by atomic mass is 9.86. The molecule has 1 saturated heterocycles. The van der Waals surface area contributed by atoms with Gasteiger partial charge in [-0.1, -0.05) is 41.9 Å². The number of nitrogens with zero attached hydrogens (tertiary/aromatic N) is 4. The third kappa shape index (κ3) is 3.08. The summed E-state index contributed by atoms with van der Waals surface area (Å²) in [6, 6.07) is 11.5. The minimum absolute atomic E-state index is 0.456. The molecule has 2 aromatic heterocycles. The Morgan fingerprint density at radius 2 is 1.81 bits per heavy atom. The van der Waals surface area contributed by atoms with Gasteiger partial charge in [-0.2, -0.15) is 0 Å². The monoisotopic (exact) mass is 384 g/mol. The van der Waals surface area contributed by atoms with Crippen molar-refractivity contribution in [3.8, 4) is 0 Å². The van der Waals surface area contributed by atoms with Crippen molar-refractivity contribution in [2.75, 3.05) is 18.0 Å². The van der Waals surface area contributed by atoms with Crippen molar-refractivity contribution in [1.82, 2.24) is 14.6 Å². The number of piperidine rings is 1. The number of pyridine rings is 1. The lowest BCUT2D eigenvalue weighted by molar-refractivity contribution is 0.125. The van der Waals surface area contributed by atoms with Gasteiger partial charge in [0, 0.05) is 38.5 Å². The molecule has 3 heterocycles. The molecule has 0 bridgehead atoms. The van der Waals surface area contributed by atoms with Crippen molar-refractivity contribution in [3.63, 3.8) is 0 Å². The van der Waals surface area contributed by atoms with Crippen LogP contribution >= 0.6 is 11.6 Å². The minimum atomic E-state index is -1.26. The standard InChI is InChI=1S/C21H22ClFN4/c22-19-17(8-11-27-18(14-15-6-7-15)24-25-20(19)27)26-12-9-21(23,10-13-26)16-4-2-1-3-5-16/h1-5,8,11,15H,6-7,9-10,12-14H2. The molecule has 4 nitrogen and oxygen atoms in total. The van der Waals surface area contributed by atoms with Crippen molar-refractivity contribution in [3.05, 3.63) is 59.0 Å². The van der Waals surface area contributed by atoms with E-state index < -0.39 is 5.67 Å².